The number of thiophene rings is 1. The van der Waals surface area contributed by atoms with Crippen molar-refractivity contribution in [2.45, 2.75) is 18.9 Å². The van der Waals surface area contributed by atoms with Crippen molar-refractivity contribution in [2.75, 3.05) is 6.54 Å². The van der Waals surface area contributed by atoms with E-state index in [9.17, 15) is 19.8 Å². The second kappa shape index (κ2) is 5.93. The van der Waals surface area contributed by atoms with Crippen LogP contribution >= 0.6 is 11.3 Å². The Kier molecular flexibility index (Phi) is 3.73. The fourth-order valence-electron chi connectivity index (χ4n) is 3.39. The van der Waals surface area contributed by atoms with Gasteiger partial charge in [-0.25, -0.2) is 4.79 Å². The monoisotopic (exact) mass is 356 g/mol. The number of carboxylic acid groups (broad SMARTS) is 1. The number of H-pyrrole nitrogens is 1. The van der Waals surface area contributed by atoms with E-state index >= 15 is 0 Å². The summed E-state index contributed by atoms with van der Waals surface area (Å²) < 4.78 is 0.765. The molecule has 1 aliphatic rings. The van der Waals surface area contributed by atoms with Gasteiger partial charge < -0.3 is 20.1 Å². The molecule has 25 heavy (non-hydrogen) atoms. The van der Waals surface area contributed by atoms with Crippen LogP contribution in [0, 0.1) is 0 Å². The Bertz CT molecular complexity index is 957. The zero-order valence-corrected chi connectivity index (χ0v) is 14.0. The van der Waals surface area contributed by atoms with Crippen LogP contribution in [0.4, 0.5) is 0 Å². The highest BCUT2D eigenvalue weighted by Crippen LogP contribution is 2.35. The van der Waals surface area contributed by atoms with Crippen molar-refractivity contribution in [2.24, 2.45) is 0 Å². The fraction of sp³-hybridized carbons (Fsp3) is 0.222. The molecule has 0 aliphatic carbocycles. The lowest BCUT2D eigenvalue weighted by atomic mass is 10.0. The van der Waals surface area contributed by atoms with Crippen LogP contribution in [-0.2, 0) is 0 Å². The molecule has 0 spiro atoms. The van der Waals surface area contributed by atoms with Crippen LogP contribution in [0.3, 0.4) is 0 Å². The Morgan fingerprint density at radius 1 is 1.24 bits per heavy atom. The summed E-state index contributed by atoms with van der Waals surface area (Å²) in [5.41, 5.74) is 2.09. The number of phenolic OH excluding ortho intramolecular Hbond substituents is 1. The fourth-order valence-corrected chi connectivity index (χ4v) is 4.32. The number of aromatic hydroxyl groups is 1. The molecule has 1 amide bonds. The average molecular weight is 356 g/mol. The van der Waals surface area contributed by atoms with E-state index in [0.29, 0.717) is 17.8 Å². The van der Waals surface area contributed by atoms with Gasteiger partial charge in [-0.2, -0.15) is 0 Å². The Morgan fingerprint density at radius 2 is 2.00 bits per heavy atom. The predicted molar refractivity (Wildman–Crippen MR) is 94.3 cm³/mol. The normalized spacial score (nSPS) is 17.3. The number of phenols is 1. The van der Waals surface area contributed by atoms with E-state index in [1.165, 1.54) is 11.3 Å². The maximum absolute atomic E-state index is 12.9. The van der Waals surface area contributed by atoms with Crippen molar-refractivity contribution in [3.8, 4) is 5.75 Å². The molecule has 128 valence electrons. The minimum atomic E-state index is -1.00. The first-order valence-electron chi connectivity index (χ1n) is 7.98. The highest BCUT2D eigenvalue weighted by atomic mass is 32.1. The lowest BCUT2D eigenvalue weighted by Gasteiger charge is -2.24. The first kappa shape index (κ1) is 15.7. The van der Waals surface area contributed by atoms with E-state index in [1.54, 1.807) is 23.6 Å². The SMILES string of the molecule is O=C(O)c1csc2cc(C(=O)N3CCCC3c3ccc(O)cc3)[nH]c12. The van der Waals surface area contributed by atoms with Gasteiger partial charge in [0.2, 0.25) is 0 Å². The van der Waals surface area contributed by atoms with Gasteiger partial charge in [0.15, 0.2) is 0 Å². The smallest absolute Gasteiger partial charge is 0.338 e. The predicted octanol–water partition coefficient (Wildman–Crippen LogP) is 3.61. The number of amides is 1. The van der Waals surface area contributed by atoms with E-state index in [2.05, 4.69) is 4.98 Å². The average Bonchev–Trinajstić information content (AvgIpc) is 3.29. The molecule has 0 saturated carbocycles. The van der Waals surface area contributed by atoms with Gasteiger partial charge in [0, 0.05) is 11.9 Å². The minimum Gasteiger partial charge on any atom is -0.508 e. The molecule has 1 aliphatic heterocycles. The van der Waals surface area contributed by atoms with E-state index in [0.717, 1.165) is 23.1 Å². The third kappa shape index (κ3) is 2.66. The van der Waals surface area contributed by atoms with E-state index in [4.69, 9.17) is 0 Å². The first-order chi connectivity index (χ1) is 12.0. The largest absolute Gasteiger partial charge is 0.508 e. The van der Waals surface area contributed by atoms with E-state index in [1.807, 2.05) is 17.0 Å². The van der Waals surface area contributed by atoms with Gasteiger partial charge >= 0.3 is 5.97 Å². The lowest BCUT2D eigenvalue weighted by Crippen LogP contribution is -2.30. The first-order valence-corrected chi connectivity index (χ1v) is 8.86. The summed E-state index contributed by atoms with van der Waals surface area (Å²) in [6, 6.07) is 8.61. The highest BCUT2D eigenvalue weighted by Gasteiger charge is 2.31. The number of aromatic nitrogens is 1. The van der Waals surface area contributed by atoms with Crippen LogP contribution in [0.15, 0.2) is 35.7 Å². The van der Waals surface area contributed by atoms with E-state index in [-0.39, 0.29) is 23.3 Å². The summed E-state index contributed by atoms with van der Waals surface area (Å²) in [5, 5.41) is 20.2. The number of nitrogens with one attached hydrogen (secondary N) is 1. The van der Waals surface area contributed by atoms with Gasteiger partial charge in [-0.15, -0.1) is 11.3 Å². The van der Waals surface area contributed by atoms with E-state index < -0.39 is 5.97 Å². The molecule has 4 rings (SSSR count). The summed E-state index contributed by atoms with van der Waals surface area (Å²) in [5.74, 6) is -0.934. The summed E-state index contributed by atoms with van der Waals surface area (Å²) in [4.78, 5) is 29.0. The number of aromatic amines is 1. The molecule has 3 N–H and O–H groups in total. The number of carboxylic acids is 1. The Labute approximate surface area is 147 Å². The number of nitrogens with zero attached hydrogens (tertiary/aromatic N) is 1. The number of hydrogen-bond donors (Lipinski definition) is 3. The molecule has 0 radical (unpaired) electrons. The highest BCUT2D eigenvalue weighted by molar-refractivity contribution is 7.17. The van der Waals surface area contributed by atoms with Crippen LogP contribution in [0.2, 0.25) is 0 Å². The number of hydrogen-bond acceptors (Lipinski definition) is 4. The summed E-state index contributed by atoms with van der Waals surface area (Å²) in [7, 11) is 0. The quantitative estimate of drug-likeness (QED) is 0.668. The molecule has 2 aromatic heterocycles. The van der Waals surface area contributed by atoms with Gasteiger partial charge in [0.25, 0.3) is 5.91 Å². The third-order valence-corrected chi connectivity index (χ3v) is 5.54. The number of fused-ring (bicyclic) bond motifs is 1. The Morgan fingerprint density at radius 3 is 2.72 bits per heavy atom. The summed E-state index contributed by atoms with van der Waals surface area (Å²) >= 11 is 1.31. The molecule has 7 heteroatoms. The molecule has 1 unspecified atom stereocenters. The zero-order chi connectivity index (χ0) is 17.6. The molecule has 3 aromatic rings. The third-order valence-electron chi connectivity index (χ3n) is 4.61. The van der Waals surface area contributed by atoms with Crippen molar-refractivity contribution in [1.82, 2.24) is 9.88 Å². The second-order valence-corrected chi connectivity index (χ2v) is 7.04. The van der Waals surface area contributed by atoms with Crippen LogP contribution in [0.5, 0.6) is 5.75 Å². The maximum atomic E-state index is 12.9. The van der Waals surface area contributed by atoms with Crippen molar-refractivity contribution < 1.29 is 19.8 Å². The van der Waals surface area contributed by atoms with Crippen LogP contribution in [0.25, 0.3) is 10.2 Å². The number of carbonyl (C=O) groups is 2. The molecular weight excluding hydrogens is 340 g/mol. The molecule has 3 heterocycles. The molecule has 1 saturated heterocycles. The lowest BCUT2D eigenvalue weighted by molar-refractivity contribution is 0.0695. The van der Waals surface area contributed by atoms with Crippen LogP contribution in [0.1, 0.15) is 45.3 Å². The Hall–Kier alpha value is -2.80. The van der Waals surface area contributed by atoms with Gasteiger partial charge in [-0.3, -0.25) is 4.79 Å². The number of aromatic carboxylic acids is 1. The topological polar surface area (TPSA) is 93.6 Å². The molecule has 0 bridgehead atoms. The van der Waals surface area contributed by atoms with Crippen molar-refractivity contribution in [3.05, 3.63) is 52.5 Å². The zero-order valence-electron chi connectivity index (χ0n) is 13.2. The maximum Gasteiger partial charge on any atom is 0.338 e. The number of carbonyl (C=O) groups excluding carboxylic acids is 1. The number of rotatable bonds is 3. The van der Waals surface area contributed by atoms with Crippen molar-refractivity contribution >= 4 is 33.4 Å². The second-order valence-electron chi connectivity index (χ2n) is 6.12. The summed E-state index contributed by atoms with van der Waals surface area (Å²) in [6.45, 7) is 0.656. The number of likely N-dealkylation sites (tertiary alicyclic amines) is 1. The van der Waals surface area contributed by atoms with Gasteiger partial charge in [-0.1, -0.05) is 12.1 Å². The van der Waals surface area contributed by atoms with Crippen molar-refractivity contribution in [3.63, 3.8) is 0 Å². The standard InChI is InChI=1S/C18H16N2O4S/c21-11-5-3-10(4-6-11)14-2-1-7-20(14)17(22)13-8-15-16(19-13)12(9-25-15)18(23)24/h3-6,8-9,14,19,21H,1-2,7H2,(H,23,24). The minimum absolute atomic E-state index is 0.0339. The van der Waals surface area contributed by atoms with Gasteiger partial charge in [0.05, 0.1) is 21.8 Å². The van der Waals surface area contributed by atoms with Crippen LogP contribution < -0.4 is 0 Å². The van der Waals surface area contributed by atoms with Gasteiger partial charge in [0.1, 0.15) is 11.4 Å². The Balaban J connectivity index is 1.65. The molecule has 6 nitrogen and oxygen atoms in total. The molecule has 1 atom stereocenters. The van der Waals surface area contributed by atoms with Crippen LogP contribution in [-0.4, -0.2) is 38.5 Å². The van der Waals surface area contributed by atoms with Crippen molar-refractivity contribution in [1.29, 1.82) is 0 Å². The molecule has 1 fully saturated rings. The number of benzene rings is 1. The van der Waals surface area contributed by atoms with Gasteiger partial charge in [-0.05, 0) is 36.6 Å². The molecular formula is C18H16N2O4S. The molecule has 1 aromatic carbocycles. The summed E-state index contributed by atoms with van der Waals surface area (Å²) in [6.07, 6.45) is 1.78.